The van der Waals surface area contributed by atoms with Gasteiger partial charge in [0.05, 0.1) is 160 Å². The number of benzene rings is 1. The van der Waals surface area contributed by atoms with Gasteiger partial charge in [-0.05, 0) is 157 Å². The van der Waals surface area contributed by atoms with Crippen molar-refractivity contribution in [2.45, 2.75) is 246 Å². The molecule has 8 unspecified atom stereocenters. The Morgan fingerprint density at radius 2 is 0.736 bits per heavy atom. The predicted molar refractivity (Wildman–Crippen MR) is 455 cm³/mol. The van der Waals surface area contributed by atoms with Crippen molar-refractivity contribution in [1.29, 1.82) is 0 Å². The standard InChI is InChI=1S/C41H69ClO15.C20H38O8Si.C20H38O5.C5H10O3.2CH4.4Li/c1-7-56-37(45)39(2,3)31-35(34-11-9-8-10-12-34)32-40(4,36(43)44)33-41(5,42)38(46)57-30-29-55-28-27-54-26-25-53-24-23-52-22-21-51-20-19-50-18-17-49-16-15-48-14-13-47-6;1-10-19(4,17(24)28-29(8,9)26-7)14-20(5,15(21)22)13-18(2,3)16(23)27-12-11-25-6;1-8-10-11-19(5,9-2)15-20(6,16(21)22)14-18(3,4)17(23)25-13-12-24-7;1-4(8-2)3-5(6)7;;;;;;/h8-12,35H,7,13-33H2,1-6H3,(H,43,44);10-14H2,1-9H3,(H,21,22);8-15H2,1-7H3,(H,21,22);4H,3H2,1-2H3,(H,6,7);2*1H4;;;;/q;;;;;;4*+1/p-4. The molecule has 0 heterocycles. The van der Waals surface area contributed by atoms with E-state index in [0.29, 0.717) is 125 Å². The molecule has 1 aromatic rings. The second-order valence-corrected chi connectivity index (χ2v) is 37.8. The number of carbonyl (C=O) groups excluding carboxylic acids is 9. The number of carboxylic acids is 4. The molecule has 0 N–H and O–H groups in total. The zero-order valence-electron chi connectivity index (χ0n) is 80.5. The van der Waals surface area contributed by atoms with Crippen molar-refractivity contribution in [3.63, 3.8) is 0 Å². The number of ether oxygens (including phenoxy) is 16. The fraction of sp³-hybridized carbons (Fsp3) is 0.830. The van der Waals surface area contributed by atoms with Crippen LogP contribution in [-0.2, 0) is 128 Å². The van der Waals surface area contributed by atoms with E-state index < -0.39 is 99.1 Å². The summed E-state index contributed by atoms with van der Waals surface area (Å²) in [7, 11) is 4.95. The minimum Gasteiger partial charge on any atom is -0.550 e. The van der Waals surface area contributed by atoms with Gasteiger partial charge in [-0.1, -0.05) is 113 Å². The van der Waals surface area contributed by atoms with Gasteiger partial charge in [-0.25, -0.2) is 0 Å². The smallest absolute Gasteiger partial charge is 0.550 e. The summed E-state index contributed by atoms with van der Waals surface area (Å²) < 4.78 is 94.7. The molecule has 8 atom stereocenters. The van der Waals surface area contributed by atoms with E-state index in [-0.39, 0.29) is 198 Å². The quantitative estimate of drug-likeness (QED) is 0.0213. The van der Waals surface area contributed by atoms with E-state index in [4.69, 9.17) is 91.5 Å². The summed E-state index contributed by atoms with van der Waals surface area (Å²) >= 11 is 6.64. The molecular formula is C88H159ClLi4O31Si. The topological polar surface area (TPSA) is 412 Å². The fourth-order valence-electron chi connectivity index (χ4n) is 12.9. The van der Waals surface area contributed by atoms with Gasteiger partial charge in [0, 0.05) is 82.1 Å². The van der Waals surface area contributed by atoms with E-state index in [1.165, 1.54) is 49.2 Å². The maximum Gasteiger partial charge on any atom is 1.00 e. The Kier molecular flexibility index (Phi) is 84.1. The van der Waals surface area contributed by atoms with Crippen LogP contribution in [0.1, 0.15) is 228 Å². The average Bonchev–Trinajstić information content (AvgIpc) is 0.793. The van der Waals surface area contributed by atoms with E-state index in [1.54, 1.807) is 96.4 Å². The number of halogens is 1. The number of carbonyl (C=O) groups is 9. The van der Waals surface area contributed by atoms with Gasteiger partial charge < -0.3 is 124 Å². The Bertz CT molecular complexity index is 2980. The molecule has 0 amide bonds. The first-order valence-corrected chi connectivity index (χ1v) is 44.4. The summed E-state index contributed by atoms with van der Waals surface area (Å²) in [6.45, 7) is 41.4. The Labute approximate surface area is 804 Å². The normalized spacial score (nSPS) is 14.6. The SMILES string of the molecule is C.C.CCC(C)(CC(C)(CC(C)(C)C(=O)OCCOC)C(=O)[O-])C(=O)O[Si](C)(C)OC.CCCCC(C)(CC)CC(C)(CC(C)(C)C(=O)OCCOC)C(=O)[O-].CCOC(=O)C(C)(C)CC(CC(C)(CC(C)(Cl)C(=O)OCCOCCOCCOCCOCCOCCOCCOCCOCCOC)C(=O)[O-])c1ccccc1.COC(C)CC(=O)[O-].[Li+].[Li+].[Li+].[Li+]. The van der Waals surface area contributed by atoms with Crippen molar-refractivity contribution in [1.82, 2.24) is 0 Å². The van der Waals surface area contributed by atoms with Gasteiger partial charge in [0.1, 0.15) is 24.7 Å². The minimum absolute atomic E-state index is 0. The third-order valence-electron chi connectivity index (χ3n) is 20.0. The van der Waals surface area contributed by atoms with Gasteiger partial charge in [0.15, 0.2) is 0 Å². The first-order valence-electron chi connectivity index (χ1n) is 41.2. The molecule has 0 radical (unpaired) electrons. The van der Waals surface area contributed by atoms with Gasteiger partial charge >= 0.3 is 108 Å². The number of hydrogen-bond donors (Lipinski definition) is 0. The number of methoxy groups -OCH3 is 4. The molecule has 0 spiro atoms. The Morgan fingerprint density at radius 3 is 1.05 bits per heavy atom. The van der Waals surface area contributed by atoms with Crippen LogP contribution >= 0.6 is 11.6 Å². The van der Waals surface area contributed by atoms with E-state index in [2.05, 4.69) is 25.5 Å². The number of aliphatic carboxylic acids is 4. The molecule has 125 heavy (non-hydrogen) atoms. The van der Waals surface area contributed by atoms with Crippen molar-refractivity contribution in [3.8, 4) is 0 Å². The predicted octanol–water partition coefficient (Wildman–Crippen LogP) is -2.55. The zero-order valence-corrected chi connectivity index (χ0v) is 82.3. The fourth-order valence-corrected chi connectivity index (χ4v) is 14.1. The van der Waals surface area contributed by atoms with Crippen molar-refractivity contribution in [2.24, 2.45) is 43.3 Å². The van der Waals surface area contributed by atoms with Crippen molar-refractivity contribution < 1.29 is 224 Å². The monoisotopic (exact) mass is 1800 g/mol. The third kappa shape index (κ3) is 63.6. The molecule has 0 fully saturated rings. The van der Waals surface area contributed by atoms with Gasteiger partial charge in [0.25, 0.3) is 5.97 Å². The molecule has 0 aliphatic carbocycles. The average molecular weight is 1800 g/mol. The maximum absolute atomic E-state index is 13.0. The number of hydrogen-bond acceptors (Lipinski definition) is 31. The Morgan fingerprint density at radius 1 is 0.400 bits per heavy atom. The molecule has 1 aromatic carbocycles. The van der Waals surface area contributed by atoms with Crippen LogP contribution in [0.25, 0.3) is 0 Å². The molecule has 1 rings (SSSR count). The molecule has 0 aromatic heterocycles. The molecular weight excluding hydrogens is 1640 g/mol. The molecule has 0 bridgehead atoms. The minimum atomic E-state index is -2.65. The summed E-state index contributed by atoms with van der Waals surface area (Å²) in [5, 5.41) is 46.4. The van der Waals surface area contributed by atoms with E-state index in [9.17, 15) is 63.6 Å². The number of unbranched alkanes of at least 4 members (excludes halogenated alkanes) is 1. The van der Waals surface area contributed by atoms with Crippen molar-refractivity contribution in [2.75, 3.05) is 188 Å². The molecule has 0 aliphatic rings. The summed E-state index contributed by atoms with van der Waals surface area (Å²) in [5.74, 6) is -7.81. The summed E-state index contributed by atoms with van der Waals surface area (Å²) in [6, 6.07) is 9.33. The summed E-state index contributed by atoms with van der Waals surface area (Å²) in [5.41, 5.74) is -7.26. The molecule has 0 saturated carbocycles. The van der Waals surface area contributed by atoms with E-state index in [1.807, 2.05) is 30.3 Å². The van der Waals surface area contributed by atoms with Crippen molar-refractivity contribution in [3.05, 3.63) is 35.9 Å². The molecule has 37 heteroatoms. The van der Waals surface area contributed by atoms with Gasteiger partial charge in [-0.3, -0.25) is 24.0 Å². The second-order valence-electron chi connectivity index (χ2n) is 33.6. The van der Waals surface area contributed by atoms with Crippen LogP contribution in [0, 0.1) is 43.3 Å². The van der Waals surface area contributed by atoms with Crippen LogP contribution in [0.15, 0.2) is 30.3 Å². The zero-order chi connectivity index (χ0) is 91.6. The number of carboxylic acid groups (broad SMARTS) is 4. The van der Waals surface area contributed by atoms with E-state index >= 15 is 0 Å². The van der Waals surface area contributed by atoms with Gasteiger partial charge in [-0.2, -0.15) is 0 Å². The van der Waals surface area contributed by atoms with Crippen molar-refractivity contribution >= 4 is 73.9 Å². The number of alkyl halides is 1. The van der Waals surface area contributed by atoms with Gasteiger partial charge in [0.2, 0.25) is 0 Å². The molecule has 31 nitrogen and oxygen atoms in total. The number of esters is 4. The van der Waals surface area contributed by atoms with Crippen LogP contribution in [0.5, 0.6) is 0 Å². The first-order chi connectivity index (χ1) is 55.5. The summed E-state index contributed by atoms with van der Waals surface area (Å²) in [6.07, 6.45) is 4.82. The van der Waals surface area contributed by atoms with Crippen LogP contribution in [0.2, 0.25) is 13.1 Å². The maximum atomic E-state index is 13.0. The van der Waals surface area contributed by atoms with E-state index in [0.717, 1.165) is 31.2 Å². The van der Waals surface area contributed by atoms with Gasteiger partial charge in [-0.15, -0.1) is 11.6 Å². The molecule has 0 aliphatic heterocycles. The second kappa shape index (κ2) is 75.3. The Balaban J connectivity index is -0.000000237. The molecule has 0 saturated heterocycles. The first kappa shape index (κ1) is 140. The largest absolute Gasteiger partial charge is 1.00 e. The molecule has 712 valence electrons. The van der Waals surface area contributed by atoms with Crippen LogP contribution in [0.3, 0.4) is 0 Å². The summed E-state index contributed by atoms with van der Waals surface area (Å²) in [4.78, 5) is 108. The number of rotatable bonds is 67. The van der Waals surface area contributed by atoms with Crippen LogP contribution in [-0.4, -0.2) is 261 Å². The third-order valence-corrected chi connectivity index (χ3v) is 22.0. The van der Waals surface area contributed by atoms with Crippen LogP contribution in [0.4, 0.5) is 0 Å². The van der Waals surface area contributed by atoms with Crippen LogP contribution < -0.4 is 95.9 Å². The Hall–Kier alpha value is -3.17.